The summed E-state index contributed by atoms with van der Waals surface area (Å²) >= 11 is 5.16. The van der Waals surface area contributed by atoms with Gasteiger partial charge in [0.1, 0.15) is 5.82 Å². The topological polar surface area (TPSA) is 59.9 Å². The number of methoxy groups -OCH3 is 1. The van der Waals surface area contributed by atoms with Crippen molar-refractivity contribution in [3.63, 3.8) is 0 Å². The molecule has 108 valence electrons. The molecule has 3 heterocycles. The zero-order valence-electron chi connectivity index (χ0n) is 11.6. The van der Waals surface area contributed by atoms with Crippen LogP contribution in [-0.2, 0) is 11.3 Å². The Balaban J connectivity index is 2.13. The number of halogens is 1. The quantitative estimate of drug-likeness (QED) is 0.764. The molecule has 0 radical (unpaired) electrons. The highest BCUT2D eigenvalue weighted by atomic mass is 79.9. The van der Waals surface area contributed by atoms with E-state index in [1.54, 1.807) is 24.6 Å². The lowest BCUT2D eigenvalue weighted by atomic mass is 10.2. The molecule has 0 bridgehead atoms. The molecule has 0 spiro atoms. The normalized spacial score (nSPS) is 11.0. The van der Waals surface area contributed by atoms with Gasteiger partial charge >= 0.3 is 0 Å². The first kappa shape index (κ1) is 14.4. The number of nitrogens with zero attached hydrogens (tertiary/aromatic N) is 3. The van der Waals surface area contributed by atoms with Crippen LogP contribution in [0.25, 0.3) is 21.6 Å². The molecule has 0 saturated heterocycles. The second-order valence-electron chi connectivity index (χ2n) is 4.37. The highest BCUT2D eigenvalue weighted by Gasteiger charge is 2.13. The summed E-state index contributed by atoms with van der Waals surface area (Å²) in [7, 11) is 3.47. The van der Waals surface area contributed by atoms with Crippen LogP contribution < -0.4 is 5.32 Å². The number of thiophene rings is 1. The number of hydrogen-bond donors (Lipinski definition) is 1. The third-order valence-electron chi connectivity index (χ3n) is 3.00. The van der Waals surface area contributed by atoms with Crippen LogP contribution in [0.15, 0.2) is 28.2 Å². The zero-order valence-corrected chi connectivity index (χ0v) is 14.0. The predicted octanol–water partition coefficient (Wildman–Crippen LogP) is 3.70. The van der Waals surface area contributed by atoms with Crippen molar-refractivity contribution >= 4 is 43.3 Å². The summed E-state index contributed by atoms with van der Waals surface area (Å²) in [5.74, 6) is 1.37. The zero-order chi connectivity index (χ0) is 14.8. The van der Waals surface area contributed by atoms with Crippen LogP contribution in [0, 0.1) is 0 Å². The second kappa shape index (κ2) is 6.05. The summed E-state index contributed by atoms with van der Waals surface area (Å²) in [6.45, 7) is 0.416. The SMILES string of the molecule is CNc1nc(-c2cnc3ccsc3c2)nc(COC)c1Br. The van der Waals surface area contributed by atoms with Gasteiger partial charge in [0.15, 0.2) is 5.82 Å². The second-order valence-corrected chi connectivity index (χ2v) is 6.11. The highest BCUT2D eigenvalue weighted by molar-refractivity contribution is 9.10. The number of rotatable bonds is 4. The molecule has 3 aromatic heterocycles. The molecule has 0 atom stereocenters. The maximum atomic E-state index is 5.20. The first-order valence-corrected chi connectivity index (χ1v) is 7.97. The lowest BCUT2D eigenvalue weighted by Crippen LogP contribution is -2.04. The van der Waals surface area contributed by atoms with Crippen molar-refractivity contribution in [2.24, 2.45) is 0 Å². The third kappa shape index (κ3) is 2.76. The monoisotopic (exact) mass is 364 g/mol. The van der Waals surface area contributed by atoms with Gasteiger partial charge in [-0.25, -0.2) is 9.97 Å². The Morgan fingerprint density at radius 1 is 1.38 bits per heavy atom. The van der Waals surface area contributed by atoms with Gasteiger partial charge in [-0.2, -0.15) is 0 Å². The summed E-state index contributed by atoms with van der Waals surface area (Å²) < 4.78 is 7.14. The van der Waals surface area contributed by atoms with E-state index in [0.29, 0.717) is 12.4 Å². The van der Waals surface area contributed by atoms with E-state index in [0.717, 1.165) is 31.8 Å². The molecule has 3 aromatic rings. The predicted molar refractivity (Wildman–Crippen MR) is 88.6 cm³/mol. The van der Waals surface area contributed by atoms with Crippen LogP contribution in [0.3, 0.4) is 0 Å². The first-order chi connectivity index (χ1) is 10.2. The summed E-state index contributed by atoms with van der Waals surface area (Å²) in [5.41, 5.74) is 2.69. The van der Waals surface area contributed by atoms with Gasteiger partial charge in [-0.05, 0) is 33.4 Å². The van der Waals surface area contributed by atoms with Crippen molar-refractivity contribution < 1.29 is 4.74 Å². The number of pyridine rings is 1. The number of nitrogens with one attached hydrogen (secondary N) is 1. The molecule has 21 heavy (non-hydrogen) atoms. The van der Waals surface area contributed by atoms with Crippen LogP contribution in [0.4, 0.5) is 5.82 Å². The fourth-order valence-electron chi connectivity index (χ4n) is 1.99. The average molecular weight is 365 g/mol. The largest absolute Gasteiger partial charge is 0.378 e. The van der Waals surface area contributed by atoms with E-state index in [9.17, 15) is 0 Å². The molecule has 0 fully saturated rings. The van der Waals surface area contributed by atoms with Crippen LogP contribution in [0.5, 0.6) is 0 Å². The number of hydrogen-bond acceptors (Lipinski definition) is 6. The maximum Gasteiger partial charge on any atom is 0.163 e. The van der Waals surface area contributed by atoms with E-state index >= 15 is 0 Å². The Bertz CT molecular complexity index is 790. The molecule has 0 aliphatic carbocycles. The summed E-state index contributed by atoms with van der Waals surface area (Å²) in [5, 5.41) is 5.09. The number of aromatic nitrogens is 3. The minimum absolute atomic E-state index is 0.416. The minimum Gasteiger partial charge on any atom is -0.378 e. The number of ether oxygens (including phenoxy) is 1. The molecule has 1 N–H and O–H groups in total. The van der Waals surface area contributed by atoms with Gasteiger partial charge in [-0.3, -0.25) is 4.98 Å². The molecule has 0 unspecified atom stereocenters. The van der Waals surface area contributed by atoms with Gasteiger partial charge in [-0.15, -0.1) is 11.3 Å². The molecule has 5 nitrogen and oxygen atoms in total. The number of fused-ring (bicyclic) bond motifs is 1. The highest BCUT2D eigenvalue weighted by Crippen LogP contribution is 2.29. The Labute approximate surface area is 134 Å². The summed E-state index contributed by atoms with van der Waals surface area (Å²) in [4.78, 5) is 13.5. The molecule has 0 aliphatic rings. The minimum atomic E-state index is 0.416. The lowest BCUT2D eigenvalue weighted by Gasteiger charge is -2.10. The first-order valence-electron chi connectivity index (χ1n) is 6.29. The van der Waals surface area contributed by atoms with Gasteiger partial charge in [0.2, 0.25) is 0 Å². The van der Waals surface area contributed by atoms with Crippen LogP contribution in [-0.4, -0.2) is 29.1 Å². The third-order valence-corrected chi connectivity index (χ3v) is 4.68. The molecule has 3 rings (SSSR count). The fraction of sp³-hybridized carbons (Fsp3) is 0.214. The van der Waals surface area contributed by atoms with Crippen molar-refractivity contribution in [3.8, 4) is 11.4 Å². The molecular formula is C14H13BrN4OS. The van der Waals surface area contributed by atoms with Crippen molar-refractivity contribution in [2.45, 2.75) is 6.61 Å². The van der Waals surface area contributed by atoms with Gasteiger partial charge < -0.3 is 10.1 Å². The number of anilines is 1. The summed E-state index contributed by atoms with van der Waals surface area (Å²) in [6.07, 6.45) is 1.80. The Morgan fingerprint density at radius 3 is 3.00 bits per heavy atom. The molecular weight excluding hydrogens is 352 g/mol. The summed E-state index contributed by atoms with van der Waals surface area (Å²) in [6, 6.07) is 4.06. The lowest BCUT2D eigenvalue weighted by molar-refractivity contribution is 0.181. The van der Waals surface area contributed by atoms with Crippen LogP contribution in [0.1, 0.15) is 5.69 Å². The van der Waals surface area contributed by atoms with Crippen LogP contribution in [0.2, 0.25) is 0 Å². The molecule has 0 amide bonds. The molecule has 7 heteroatoms. The Kier molecular flexibility index (Phi) is 4.14. The molecule has 0 aromatic carbocycles. The van der Waals surface area contributed by atoms with Gasteiger partial charge in [0.25, 0.3) is 0 Å². The van der Waals surface area contributed by atoms with Crippen LogP contribution >= 0.6 is 27.3 Å². The van der Waals surface area contributed by atoms with E-state index in [2.05, 4.69) is 42.3 Å². The van der Waals surface area contributed by atoms with Crippen molar-refractivity contribution in [1.29, 1.82) is 0 Å². The average Bonchev–Trinajstić information content (AvgIpc) is 2.97. The molecule has 0 aliphatic heterocycles. The van der Waals surface area contributed by atoms with Gasteiger partial charge in [0.05, 0.1) is 27.0 Å². The van der Waals surface area contributed by atoms with E-state index in [1.807, 2.05) is 18.5 Å². The van der Waals surface area contributed by atoms with Gasteiger partial charge in [0, 0.05) is 25.9 Å². The standard InChI is InChI=1S/C14H13BrN4OS/c1-16-14-12(15)10(7-20-2)18-13(19-14)8-5-11-9(17-6-8)3-4-21-11/h3-6H,7H2,1-2H3,(H,16,18,19). The Hall–Kier alpha value is -1.57. The van der Waals surface area contributed by atoms with E-state index in [1.165, 1.54) is 0 Å². The van der Waals surface area contributed by atoms with E-state index < -0.39 is 0 Å². The van der Waals surface area contributed by atoms with Gasteiger partial charge in [-0.1, -0.05) is 0 Å². The van der Waals surface area contributed by atoms with Crippen molar-refractivity contribution in [2.75, 3.05) is 19.5 Å². The molecule has 0 saturated carbocycles. The maximum absolute atomic E-state index is 5.20. The fourth-order valence-corrected chi connectivity index (χ4v) is 3.26. The van der Waals surface area contributed by atoms with E-state index in [4.69, 9.17) is 4.74 Å². The van der Waals surface area contributed by atoms with E-state index in [-0.39, 0.29) is 0 Å². The van der Waals surface area contributed by atoms with Crippen molar-refractivity contribution in [1.82, 2.24) is 15.0 Å². The van der Waals surface area contributed by atoms with Crippen molar-refractivity contribution in [3.05, 3.63) is 33.9 Å². The smallest absolute Gasteiger partial charge is 0.163 e. The Morgan fingerprint density at radius 2 is 2.24 bits per heavy atom.